The van der Waals surface area contributed by atoms with Crippen molar-refractivity contribution in [2.75, 3.05) is 4.90 Å². The summed E-state index contributed by atoms with van der Waals surface area (Å²) in [4.78, 5) is 1.37. The zero-order chi connectivity index (χ0) is 41.4. The zero-order valence-electron chi connectivity index (χ0n) is 35.8. The first-order valence-corrected chi connectivity index (χ1v) is 17.1. The minimum absolute atomic E-state index is 0.103. The third-order valence-electron chi connectivity index (χ3n) is 9.60. The van der Waals surface area contributed by atoms with E-state index in [2.05, 4.69) is 6.07 Å². The van der Waals surface area contributed by atoms with E-state index in [1.807, 2.05) is 103 Å². The van der Waals surface area contributed by atoms with Gasteiger partial charge in [-0.1, -0.05) is 158 Å². The van der Waals surface area contributed by atoms with Gasteiger partial charge in [-0.25, -0.2) is 0 Å². The summed E-state index contributed by atoms with van der Waals surface area (Å²) in [6.07, 6.45) is 0. The second-order valence-electron chi connectivity index (χ2n) is 12.7. The summed E-state index contributed by atoms with van der Waals surface area (Å²) in [6, 6.07) is 44.1. The molecule has 0 saturated carbocycles. The van der Waals surface area contributed by atoms with Gasteiger partial charge in [0.1, 0.15) is 11.2 Å². The zero-order valence-corrected chi connectivity index (χ0v) is 27.8. The lowest BCUT2D eigenvalue weighted by atomic mass is 9.98. The fraction of sp³-hybridized carbons (Fsp3) is 0. The molecule has 0 aliphatic carbocycles. The third-order valence-corrected chi connectivity index (χ3v) is 9.60. The van der Waals surface area contributed by atoms with Crippen molar-refractivity contribution in [2.24, 2.45) is 0 Å². The monoisotopic (exact) mass is 671 g/mol. The van der Waals surface area contributed by atoms with Gasteiger partial charge in [-0.2, -0.15) is 0 Å². The minimum atomic E-state index is -0.411. The normalized spacial score (nSPS) is 13.6. The summed E-state index contributed by atoms with van der Waals surface area (Å²) in [6.45, 7) is 0. The molecule has 0 unspecified atom stereocenters. The maximum atomic E-state index is 9.63. The molecule has 0 saturated heterocycles. The highest BCUT2D eigenvalue weighted by Gasteiger charge is 2.21. The first-order chi connectivity index (χ1) is 29.1. The van der Waals surface area contributed by atoms with Crippen LogP contribution in [0.3, 0.4) is 0 Å². The Morgan fingerprint density at radius 1 is 0.365 bits per heavy atom. The summed E-state index contributed by atoms with van der Waals surface area (Å²) in [5.74, 6) is 0. The highest BCUT2D eigenvalue weighted by molar-refractivity contribution is 6.17. The molecule has 10 rings (SSSR count). The van der Waals surface area contributed by atoms with Gasteiger partial charge in [-0.15, -0.1) is 0 Å². The van der Waals surface area contributed by atoms with Crippen LogP contribution in [0.2, 0.25) is 0 Å². The van der Waals surface area contributed by atoms with Crippen molar-refractivity contribution in [2.45, 2.75) is 0 Å². The van der Waals surface area contributed by atoms with Crippen molar-refractivity contribution >= 4 is 60.5 Å². The molecule has 2 heteroatoms. The van der Waals surface area contributed by atoms with Crippen LogP contribution in [0.1, 0.15) is 11.0 Å². The number of para-hydroxylation sites is 2. The second-order valence-corrected chi connectivity index (χ2v) is 12.7. The average molecular weight is 672 g/mol. The standard InChI is InChI=1S/C50H33NO/c1-2-11-34(12-3-1)36-23-28-41(29-24-36)51(42-30-25-37(26-31-42)40-22-21-35-13-4-5-15-39(35)33-40)48-20-9-8-17-44(48)45-18-10-19-46-47-32-27-38-14-6-7-16-43(38)49(47)52-50(45)46/h1-33H/i23D,24D,25D,26D,28D,29D,30D,31D. The van der Waals surface area contributed by atoms with Crippen LogP contribution < -0.4 is 4.90 Å². The van der Waals surface area contributed by atoms with Crippen molar-refractivity contribution in [3.8, 4) is 33.4 Å². The van der Waals surface area contributed by atoms with Gasteiger partial charge in [-0.3, -0.25) is 0 Å². The number of hydrogen-bond donors (Lipinski definition) is 0. The number of fused-ring (bicyclic) bond motifs is 6. The van der Waals surface area contributed by atoms with E-state index in [9.17, 15) is 11.0 Å². The van der Waals surface area contributed by atoms with Crippen LogP contribution in [0.25, 0.3) is 76.9 Å². The molecule has 9 aromatic carbocycles. The quantitative estimate of drug-likeness (QED) is 0.175. The second kappa shape index (κ2) is 12.5. The third kappa shape index (κ3) is 5.12. The van der Waals surface area contributed by atoms with Crippen molar-refractivity contribution < 1.29 is 15.4 Å². The van der Waals surface area contributed by atoms with E-state index in [1.54, 1.807) is 42.5 Å². The van der Waals surface area contributed by atoms with Crippen LogP contribution >= 0.6 is 0 Å². The summed E-state index contributed by atoms with van der Waals surface area (Å²) < 4.78 is 82.5. The van der Waals surface area contributed by atoms with Crippen molar-refractivity contribution in [3.05, 3.63) is 200 Å². The van der Waals surface area contributed by atoms with Gasteiger partial charge in [-0.05, 0) is 80.8 Å². The van der Waals surface area contributed by atoms with Gasteiger partial charge in [0.15, 0.2) is 0 Å². The Bertz CT molecular complexity index is 3320. The van der Waals surface area contributed by atoms with Crippen LogP contribution in [0.5, 0.6) is 0 Å². The Morgan fingerprint density at radius 2 is 0.942 bits per heavy atom. The Balaban J connectivity index is 1.28. The summed E-state index contributed by atoms with van der Waals surface area (Å²) in [7, 11) is 0. The van der Waals surface area contributed by atoms with Crippen LogP contribution in [-0.2, 0) is 0 Å². The van der Waals surface area contributed by atoms with Crippen molar-refractivity contribution in [1.82, 2.24) is 0 Å². The van der Waals surface area contributed by atoms with Gasteiger partial charge in [0.25, 0.3) is 0 Å². The molecule has 244 valence electrons. The molecule has 1 aromatic heterocycles. The van der Waals surface area contributed by atoms with E-state index in [0.29, 0.717) is 39.1 Å². The lowest BCUT2D eigenvalue weighted by Crippen LogP contribution is -2.11. The van der Waals surface area contributed by atoms with E-state index in [4.69, 9.17) is 4.42 Å². The molecule has 0 aliphatic rings. The Hall–Kier alpha value is -6.90. The molecule has 1 heterocycles. The molecule has 0 aliphatic heterocycles. The number of benzene rings is 9. The molecule has 0 amide bonds. The lowest BCUT2D eigenvalue weighted by molar-refractivity contribution is 0.674. The molecule has 0 N–H and O–H groups in total. The maximum Gasteiger partial charge on any atom is 0.143 e. The van der Waals surface area contributed by atoms with Gasteiger partial charge in [0, 0.05) is 38.7 Å². The Kier molecular flexibility index (Phi) is 5.45. The highest BCUT2D eigenvalue weighted by atomic mass is 16.3. The van der Waals surface area contributed by atoms with E-state index in [-0.39, 0.29) is 46.7 Å². The number of rotatable bonds is 6. The molecule has 0 bridgehead atoms. The highest BCUT2D eigenvalue weighted by Crippen LogP contribution is 2.45. The molecule has 52 heavy (non-hydrogen) atoms. The number of hydrogen-bond acceptors (Lipinski definition) is 2. The number of furan rings is 1. The largest absolute Gasteiger partial charge is 0.455 e. The first-order valence-electron chi connectivity index (χ1n) is 21.1. The average Bonchev–Trinajstić information content (AvgIpc) is 3.67. The first kappa shape index (κ1) is 22.7. The molecule has 0 atom stereocenters. The van der Waals surface area contributed by atoms with Gasteiger partial charge in [0.2, 0.25) is 0 Å². The van der Waals surface area contributed by atoms with Gasteiger partial charge in [0.05, 0.1) is 16.7 Å². The SMILES string of the molecule is [2H]c1c([2H])c(N(c2ccccc2-c2cccc3c2oc2c4ccccc4ccc32)c2c([2H])c([2H])c(-c3ccc4ccccc4c3)c([2H])c2[2H])c([2H])c([2H])c1-c1ccccc1. The molecule has 0 spiro atoms. The number of anilines is 3. The van der Waals surface area contributed by atoms with Crippen LogP contribution in [0.4, 0.5) is 17.1 Å². The summed E-state index contributed by atoms with van der Waals surface area (Å²) in [5.41, 5.74) is 3.55. The van der Waals surface area contributed by atoms with E-state index < -0.39 is 24.2 Å². The van der Waals surface area contributed by atoms with Gasteiger partial charge >= 0.3 is 0 Å². The minimum Gasteiger partial charge on any atom is -0.455 e. The molecular weight excluding hydrogens is 631 g/mol. The maximum absolute atomic E-state index is 9.63. The summed E-state index contributed by atoms with van der Waals surface area (Å²) in [5, 5.41) is 5.58. The van der Waals surface area contributed by atoms with Gasteiger partial charge < -0.3 is 9.32 Å². The van der Waals surface area contributed by atoms with E-state index in [1.165, 1.54) is 4.90 Å². The smallest absolute Gasteiger partial charge is 0.143 e. The van der Waals surface area contributed by atoms with Crippen LogP contribution in [0, 0.1) is 0 Å². The fourth-order valence-electron chi connectivity index (χ4n) is 7.06. The lowest BCUT2D eigenvalue weighted by Gasteiger charge is -2.28. The van der Waals surface area contributed by atoms with Crippen LogP contribution in [0.15, 0.2) is 204 Å². The number of nitrogens with zero attached hydrogens (tertiary/aromatic N) is 1. The predicted molar refractivity (Wildman–Crippen MR) is 220 cm³/mol. The molecule has 2 nitrogen and oxygen atoms in total. The van der Waals surface area contributed by atoms with Crippen molar-refractivity contribution in [1.29, 1.82) is 0 Å². The summed E-state index contributed by atoms with van der Waals surface area (Å²) >= 11 is 0. The fourth-order valence-corrected chi connectivity index (χ4v) is 7.06. The van der Waals surface area contributed by atoms with Crippen molar-refractivity contribution in [3.63, 3.8) is 0 Å². The molecule has 0 radical (unpaired) electrons. The van der Waals surface area contributed by atoms with E-state index >= 15 is 0 Å². The van der Waals surface area contributed by atoms with E-state index in [0.717, 1.165) is 32.3 Å². The molecule has 10 aromatic rings. The topological polar surface area (TPSA) is 16.4 Å². The molecular formula is C50H33NO. The molecule has 0 fully saturated rings. The Morgan fingerprint density at radius 3 is 1.73 bits per heavy atom. The Labute approximate surface area is 313 Å². The predicted octanol–water partition coefficient (Wildman–Crippen LogP) is 14.4. The van der Waals surface area contributed by atoms with Crippen LogP contribution in [-0.4, -0.2) is 0 Å².